The Labute approximate surface area is 224 Å². The number of fused-ring (bicyclic) bond motifs is 1. The second-order valence-corrected chi connectivity index (χ2v) is 9.55. The van der Waals surface area contributed by atoms with Crippen molar-refractivity contribution in [3.05, 3.63) is 119 Å². The maximum atomic E-state index is 12.0. The lowest BCUT2D eigenvalue weighted by Gasteiger charge is -2.22. The molecule has 0 saturated heterocycles. The summed E-state index contributed by atoms with van der Waals surface area (Å²) in [4.78, 5) is 16.1. The van der Waals surface area contributed by atoms with Crippen LogP contribution in [-0.2, 0) is 19.3 Å². The van der Waals surface area contributed by atoms with Crippen molar-refractivity contribution in [2.75, 3.05) is 19.0 Å². The molecule has 0 saturated carbocycles. The van der Waals surface area contributed by atoms with Crippen molar-refractivity contribution in [1.29, 1.82) is 0 Å². The molecule has 0 aliphatic heterocycles. The molecule has 1 unspecified atom stereocenters. The number of methoxy groups -OCH3 is 1. The number of aromatic nitrogens is 1. The number of rotatable bonds is 9. The van der Waals surface area contributed by atoms with Gasteiger partial charge in [0.25, 0.3) is 0 Å². The highest BCUT2D eigenvalue weighted by Crippen LogP contribution is 2.37. The van der Waals surface area contributed by atoms with Gasteiger partial charge < -0.3 is 20.1 Å². The molecule has 38 heavy (non-hydrogen) atoms. The molecule has 1 heterocycles. The first-order chi connectivity index (χ1) is 18.6. The van der Waals surface area contributed by atoms with Crippen molar-refractivity contribution in [3.8, 4) is 11.5 Å². The largest absolute Gasteiger partial charge is 0.493 e. The van der Waals surface area contributed by atoms with E-state index in [1.807, 2.05) is 37.5 Å². The van der Waals surface area contributed by atoms with Crippen LogP contribution in [0.2, 0.25) is 0 Å². The molecule has 1 atom stereocenters. The van der Waals surface area contributed by atoms with E-state index in [4.69, 9.17) is 9.47 Å². The molecule has 5 rings (SSSR count). The Morgan fingerprint density at radius 2 is 1.61 bits per heavy atom. The third kappa shape index (κ3) is 5.97. The highest BCUT2D eigenvalue weighted by molar-refractivity contribution is 5.89. The minimum atomic E-state index is -0.209. The zero-order valence-electron chi connectivity index (χ0n) is 21.8. The first-order valence-corrected chi connectivity index (χ1v) is 13.1. The Kier molecular flexibility index (Phi) is 7.88. The summed E-state index contributed by atoms with van der Waals surface area (Å²) in [5.41, 5.74) is 6.93. The minimum absolute atomic E-state index is 0.0740. The van der Waals surface area contributed by atoms with Crippen LogP contribution in [0.3, 0.4) is 0 Å². The van der Waals surface area contributed by atoms with Crippen molar-refractivity contribution >= 4 is 11.7 Å². The molecular weight excluding hydrogens is 474 g/mol. The molecule has 1 aromatic heterocycles. The van der Waals surface area contributed by atoms with Gasteiger partial charge in [0.05, 0.1) is 7.11 Å². The zero-order chi connectivity index (χ0) is 26.3. The van der Waals surface area contributed by atoms with E-state index in [0.29, 0.717) is 6.54 Å². The van der Waals surface area contributed by atoms with Gasteiger partial charge in [0, 0.05) is 43.4 Å². The number of urea groups is 1. The number of pyridine rings is 1. The Bertz CT molecular complexity index is 1350. The van der Waals surface area contributed by atoms with Crippen molar-refractivity contribution in [2.45, 2.75) is 38.2 Å². The van der Waals surface area contributed by atoms with Gasteiger partial charge in [0.1, 0.15) is 6.10 Å². The van der Waals surface area contributed by atoms with E-state index in [0.717, 1.165) is 47.6 Å². The fourth-order valence-electron chi connectivity index (χ4n) is 5.10. The summed E-state index contributed by atoms with van der Waals surface area (Å²) in [7, 11) is 1.68. The predicted molar refractivity (Wildman–Crippen MR) is 150 cm³/mol. The highest BCUT2D eigenvalue weighted by atomic mass is 16.5. The summed E-state index contributed by atoms with van der Waals surface area (Å²) in [6.45, 7) is 2.47. The van der Waals surface area contributed by atoms with Crippen LogP contribution in [0.5, 0.6) is 11.5 Å². The van der Waals surface area contributed by atoms with Gasteiger partial charge in [-0.3, -0.25) is 4.98 Å². The topological polar surface area (TPSA) is 72.5 Å². The lowest BCUT2D eigenvalue weighted by Crippen LogP contribution is -2.28. The fourth-order valence-corrected chi connectivity index (χ4v) is 5.10. The number of hydrogen-bond acceptors (Lipinski definition) is 4. The smallest absolute Gasteiger partial charge is 0.319 e. The van der Waals surface area contributed by atoms with Gasteiger partial charge in [-0.1, -0.05) is 42.5 Å². The molecule has 1 aliphatic rings. The molecule has 0 spiro atoms. The quantitative estimate of drug-likeness (QED) is 0.285. The van der Waals surface area contributed by atoms with Crippen molar-refractivity contribution in [3.63, 3.8) is 0 Å². The molecule has 1 aliphatic carbocycles. The number of hydrogen-bond donors (Lipinski definition) is 2. The third-order valence-electron chi connectivity index (χ3n) is 6.99. The van der Waals surface area contributed by atoms with Crippen LogP contribution in [0.25, 0.3) is 0 Å². The van der Waals surface area contributed by atoms with E-state index in [1.54, 1.807) is 7.11 Å². The Morgan fingerprint density at radius 3 is 2.26 bits per heavy atom. The number of ether oxygens (including phenoxy) is 2. The molecule has 0 bridgehead atoms. The SMILES string of the molecule is CCNC(=O)Nc1ccc(C(Cc2ccncc2)c2ccc(OC)c(OC3Cc4ccccc4C3)c2)cc1. The average Bonchev–Trinajstić information content (AvgIpc) is 3.35. The predicted octanol–water partition coefficient (Wildman–Crippen LogP) is 6.15. The maximum absolute atomic E-state index is 12.0. The summed E-state index contributed by atoms with van der Waals surface area (Å²) in [5.74, 6) is 1.57. The summed E-state index contributed by atoms with van der Waals surface area (Å²) in [6, 6.07) is 26.7. The molecule has 3 aromatic carbocycles. The lowest BCUT2D eigenvalue weighted by atomic mass is 9.86. The van der Waals surface area contributed by atoms with Crippen LogP contribution in [0.1, 0.15) is 40.7 Å². The number of carbonyl (C=O) groups is 1. The summed E-state index contributed by atoms with van der Waals surface area (Å²) in [6.07, 6.45) is 6.31. The molecule has 6 heteroatoms. The first kappa shape index (κ1) is 25.3. The summed E-state index contributed by atoms with van der Waals surface area (Å²) < 4.78 is 12.2. The van der Waals surface area contributed by atoms with Gasteiger partial charge in [-0.25, -0.2) is 4.79 Å². The zero-order valence-corrected chi connectivity index (χ0v) is 21.8. The molecule has 4 aromatic rings. The summed E-state index contributed by atoms with van der Waals surface area (Å²) >= 11 is 0. The average molecular weight is 508 g/mol. The van der Waals surface area contributed by atoms with Crippen LogP contribution in [0, 0.1) is 0 Å². The van der Waals surface area contributed by atoms with Gasteiger partial charge in [0.15, 0.2) is 11.5 Å². The number of carbonyl (C=O) groups excluding carboxylic acids is 1. The Hall–Kier alpha value is -4.32. The fraction of sp³-hybridized carbons (Fsp3) is 0.250. The van der Waals surface area contributed by atoms with Crippen LogP contribution in [0.4, 0.5) is 10.5 Å². The van der Waals surface area contributed by atoms with E-state index < -0.39 is 0 Å². The molecule has 0 fully saturated rings. The van der Waals surface area contributed by atoms with Gasteiger partial charge >= 0.3 is 6.03 Å². The first-order valence-electron chi connectivity index (χ1n) is 13.1. The molecule has 0 radical (unpaired) electrons. The number of benzene rings is 3. The monoisotopic (exact) mass is 507 g/mol. The van der Waals surface area contributed by atoms with Gasteiger partial charge in [-0.15, -0.1) is 0 Å². The van der Waals surface area contributed by atoms with E-state index in [2.05, 4.69) is 76.3 Å². The third-order valence-corrected chi connectivity index (χ3v) is 6.99. The summed E-state index contributed by atoms with van der Waals surface area (Å²) in [5, 5.41) is 5.64. The van der Waals surface area contributed by atoms with Crippen LogP contribution in [-0.4, -0.2) is 30.8 Å². The van der Waals surface area contributed by atoms with Crippen LogP contribution >= 0.6 is 0 Å². The second kappa shape index (κ2) is 11.8. The van der Waals surface area contributed by atoms with E-state index in [9.17, 15) is 4.79 Å². The standard InChI is InChI=1S/C32H33N3O3/c1-3-34-32(36)35-27-11-8-23(9-12-27)29(18-22-14-16-33-17-15-22)26-10-13-30(37-2)31(21-26)38-28-19-24-6-4-5-7-25(24)20-28/h4-17,21,28-29H,3,18-20H2,1-2H3,(H2,34,35,36). The number of anilines is 1. The highest BCUT2D eigenvalue weighted by Gasteiger charge is 2.25. The van der Waals surface area contributed by atoms with Crippen LogP contribution in [0.15, 0.2) is 91.3 Å². The van der Waals surface area contributed by atoms with E-state index >= 15 is 0 Å². The maximum Gasteiger partial charge on any atom is 0.319 e. The number of amides is 2. The molecule has 6 nitrogen and oxygen atoms in total. The van der Waals surface area contributed by atoms with Gasteiger partial charge in [-0.2, -0.15) is 0 Å². The van der Waals surface area contributed by atoms with E-state index in [-0.39, 0.29) is 18.1 Å². The van der Waals surface area contributed by atoms with Crippen molar-refractivity contribution < 1.29 is 14.3 Å². The normalized spacial score (nSPS) is 13.4. The minimum Gasteiger partial charge on any atom is -0.493 e. The Morgan fingerprint density at radius 1 is 0.921 bits per heavy atom. The van der Waals surface area contributed by atoms with Crippen molar-refractivity contribution in [2.24, 2.45) is 0 Å². The van der Waals surface area contributed by atoms with Crippen LogP contribution < -0.4 is 20.1 Å². The van der Waals surface area contributed by atoms with Crippen molar-refractivity contribution in [1.82, 2.24) is 10.3 Å². The number of nitrogens with zero attached hydrogens (tertiary/aromatic N) is 1. The van der Waals surface area contributed by atoms with Gasteiger partial charge in [0.2, 0.25) is 0 Å². The molecular formula is C32H33N3O3. The molecule has 194 valence electrons. The van der Waals surface area contributed by atoms with E-state index in [1.165, 1.54) is 16.7 Å². The lowest BCUT2D eigenvalue weighted by molar-refractivity contribution is 0.204. The van der Waals surface area contributed by atoms with Gasteiger partial charge in [-0.05, 0) is 77.6 Å². The molecule has 2 amide bonds. The Balaban J connectivity index is 1.43. The number of nitrogens with one attached hydrogen (secondary N) is 2. The molecule has 2 N–H and O–H groups in total. The second-order valence-electron chi connectivity index (χ2n) is 9.55.